The van der Waals surface area contributed by atoms with Crippen molar-refractivity contribution < 1.29 is 28.7 Å². The number of hydroxylamine groups is 2. The lowest BCUT2D eigenvalue weighted by molar-refractivity contribution is -0.174. The number of carbonyl (C=O) groups is 3. The number of methoxy groups -OCH3 is 1. The Labute approximate surface area is 143 Å². The summed E-state index contributed by atoms with van der Waals surface area (Å²) in [6, 6.07) is 13.5. The molecule has 25 heavy (non-hydrogen) atoms. The first kappa shape index (κ1) is 16.7. The number of hydrogen-bond acceptors (Lipinski definition) is 6. The van der Waals surface area contributed by atoms with Gasteiger partial charge < -0.3 is 14.3 Å². The van der Waals surface area contributed by atoms with Gasteiger partial charge in [-0.25, -0.2) is 4.79 Å². The summed E-state index contributed by atoms with van der Waals surface area (Å²) >= 11 is 0. The van der Waals surface area contributed by atoms with Gasteiger partial charge in [-0.2, -0.15) is 0 Å². The SMILES string of the molecule is COc1cccc(COCC(=O)ON2C(=O)c3ccccc3C2=O)c1. The van der Waals surface area contributed by atoms with Crippen LogP contribution in [0.2, 0.25) is 0 Å². The summed E-state index contributed by atoms with van der Waals surface area (Å²) < 4.78 is 10.4. The molecule has 7 nitrogen and oxygen atoms in total. The van der Waals surface area contributed by atoms with Crippen molar-refractivity contribution in [3.8, 4) is 5.75 Å². The van der Waals surface area contributed by atoms with Gasteiger partial charge in [-0.05, 0) is 29.8 Å². The molecule has 0 radical (unpaired) electrons. The highest BCUT2D eigenvalue weighted by Gasteiger charge is 2.38. The van der Waals surface area contributed by atoms with Gasteiger partial charge in [0, 0.05) is 0 Å². The summed E-state index contributed by atoms with van der Waals surface area (Å²) in [5.74, 6) is -1.49. The molecule has 0 spiro atoms. The average Bonchev–Trinajstić information content (AvgIpc) is 2.87. The van der Waals surface area contributed by atoms with E-state index in [1.54, 1.807) is 37.4 Å². The lowest BCUT2D eigenvalue weighted by atomic mass is 10.1. The maximum absolute atomic E-state index is 12.1. The van der Waals surface area contributed by atoms with Crippen LogP contribution in [-0.4, -0.2) is 36.6 Å². The molecule has 1 aliphatic rings. The molecular weight excluding hydrogens is 326 g/mol. The number of benzene rings is 2. The van der Waals surface area contributed by atoms with Gasteiger partial charge in [-0.15, -0.1) is 0 Å². The fourth-order valence-corrected chi connectivity index (χ4v) is 2.39. The Morgan fingerprint density at radius 2 is 1.68 bits per heavy atom. The van der Waals surface area contributed by atoms with Crippen LogP contribution in [0.3, 0.4) is 0 Å². The summed E-state index contributed by atoms with van der Waals surface area (Å²) in [6.07, 6.45) is 0. The average molecular weight is 341 g/mol. The number of carbonyl (C=O) groups excluding carboxylic acids is 3. The van der Waals surface area contributed by atoms with Crippen LogP contribution in [-0.2, 0) is 21.0 Å². The molecule has 0 N–H and O–H groups in total. The highest BCUT2D eigenvalue weighted by Crippen LogP contribution is 2.22. The zero-order chi connectivity index (χ0) is 17.8. The van der Waals surface area contributed by atoms with Gasteiger partial charge in [0.1, 0.15) is 12.4 Å². The monoisotopic (exact) mass is 341 g/mol. The number of fused-ring (bicyclic) bond motifs is 1. The molecule has 1 aliphatic heterocycles. The van der Waals surface area contributed by atoms with Gasteiger partial charge >= 0.3 is 5.97 Å². The lowest BCUT2D eigenvalue weighted by Gasteiger charge is -2.12. The topological polar surface area (TPSA) is 82.1 Å². The van der Waals surface area contributed by atoms with Gasteiger partial charge in [0.25, 0.3) is 11.8 Å². The number of imide groups is 1. The predicted octanol–water partition coefficient (Wildman–Crippen LogP) is 1.97. The maximum Gasteiger partial charge on any atom is 0.358 e. The van der Waals surface area contributed by atoms with Crippen LogP contribution in [0.25, 0.3) is 0 Å². The normalized spacial score (nSPS) is 12.9. The standard InChI is InChI=1S/C18H15NO6/c1-23-13-6-4-5-12(9-13)10-24-11-16(20)25-19-17(21)14-7-2-3-8-15(14)18(19)22/h2-9H,10-11H2,1H3. The molecule has 1 heterocycles. The Morgan fingerprint density at radius 3 is 2.32 bits per heavy atom. The van der Waals surface area contributed by atoms with Crippen molar-refractivity contribution in [3.63, 3.8) is 0 Å². The zero-order valence-corrected chi connectivity index (χ0v) is 13.4. The third-order valence-electron chi connectivity index (χ3n) is 3.57. The quantitative estimate of drug-likeness (QED) is 0.747. The summed E-state index contributed by atoms with van der Waals surface area (Å²) in [5, 5.41) is 0.460. The molecule has 0 bridgehead atoms. The number of rotatable bonds is 6. The Balaban J connectivity index is 1.53. The third kappa shape index (κ3) is 3.51. The van der Waals surface area contributed by atoms with Crippen molar-refractivity contribution >= 4 is 17.8 Å². The van der Waals surface area contributed by atoms with Gasteiger partial charge in [-0.3, -0.25) is 9.59 Å². The number of nitrogens with zero attached hydrogens (tertiary/aromatic N) is 1. The molecule has 0 atom stereocenters. The summed E-state index contributed by atoms with van der Waals surface area (Å²) in [7, 11) is 1.55. The fourth-order valence-electron chi connectivity index (χ4n) is 2.39. The van der Waals surface area contributed by atoms with E-state index in [0.717, 1.165) is 5.56 Å². The van der Waals surface area contributed by atoms with Crippen molar-refractivity contribution in [2.45, 2.75) is 6.61 Å². The van der Waals surface area contributed by atoms with Gasteiger partial charge in [-0.1, -0.05) is 29.3 Å². The molecule has 0 fully saturated rings. The van der Waals surface area contributed by atoms with Crippen LogP contribution in [0, 0.1) is 0 Å². The van der Waals surface area contributed by atoms with E-state index in [1.165, 1.54) is 12.1 Å². The van der Waals surface area contributed by atoms with Crippen molar-refractivity contribution in [3.05, 3.63) is 65.2 Å². The first-order chi connectivity index (χ1) is 12.1. The van der Waals surface area contributed by atoms with Crippen LogP contribution < -0.4 is 4.74 Å². The van der Waals surface area contributed by atoms with Gasteiger partial charge in [0.15, 0.2) is 0 Å². The molecule has 0 aromatic heterocycles. The Morgan fingerprint density at radius 1 is 1.00 bits per heavy atom. The molecule has 2 aromatic carbocycles. The van der Waals surface area contributed by atoms with Crippen molar-refractivity contribution in [2.75, 3.05) is 13.7 Å². The van der Waals surface area contributed by atoms with Crippen molar-refractivity contribution in [1.29, 1.82) is 0 Å². The Kier molecular flexibility index (Phi) is 4.76. The zero-order valence-electron chi connectivity index (χ0n) is 13.4. The van der Waals surface area contributed by atoms with E-state index >= 15 is 0 Å². The van der Waals surface area contributed by atoms with E-state index in [9.17, 15) is 14.4 Å². The van der Waals surface area contributed by atoms with Crippen LogP contribution >= 0.6 is 0 Å². The van der Waals surface area contributed by atoms with Gasteiger partial charge in [0.05, 0.1) is 24.8 Å². The first-order valence-corrected chi connectivity index (χ1v) is 7.49. The van der Waals surface area contributed by atoms with Crippen LogP contribution in [0.5, 0.6) is 5.75 Å². The molecule has 0 saturated carbocycles. The van der Waals surface area contributed by atoms with E-state index < -0.39 is 24.4 Å². The largest absolute Gasteiger partial charge is 0.497 e. The molecule has 0 aliphatic carbocycles. The minimum atomic E-state index is -0.836. The van der Waals surface area contributed by atoms with E-state index in [0.29, 0.717) is 10.8 Å². The molecule has 3 rings (SSSR count). The van der Waals surface area contributed by atoms with E-state index in [4.69, 9.17) is 14.3 Å². The number of hydrogen-bond donors (Lipinski definition) is 0. The minimum Gasteiger partial charge on any atom is -0.497 e. The van der Waals surface area contributed by atoms with E-state index in [1.807, 2.05) is 6.07 Å². The predicted molar refractivity (Wildman–Crippen MR) is 85.7 cm³/mol. The highest BCUT2D eigenvalue weighted by atomic mass is 16.7. The molecule has 0 unspecified atom stereocenters. The lowest BCUT2D eigenvalue weighted by Crippen LogP contribution is -2.34. The summed E-state index contributed by atoms with van der Waals surface area (Å²) in [4.78, 5) is 40.8. The van der Waals surface area contributed by atoms with Crippen molar-refractivity contribution in [2.24, 2.45) is 0 Å². The third-order valence-corrected chi connectivity index (χ3v) is 3.57. The second-order valence-corrected chi connectivity index (χ2v) is 5.26. The number of amides is 2. The first-order valence-electron chi connectivity index (χ1n) is 7.49. The molecule has 2 aromatic rings. The summed E-state index contributed by atoms with van der Waals surface area (Å²) in [6.45, 7) is -0.237. The number of ether oxygens (including phenoxy) is 2. The minimum absolute atomic E-state index is 0.161. The van der Waals surface area contributed by atoms with Crippen molar-refractivity contribution in [1.82, 2.24) is 5.06 Å². The maximum atomic E-state index is 12.1. The smallest absolute Gasteiger partial charge is 0.358 e. The molecule has 7 heteroatoms. The second kappa shape index (κ2) is 7.14. The molecule has 128 valence electrons. The Hall–Kier alpha value is -3.19. The molecule has 0 saturated heterocycles. The fraction of sp³-hybridized carbons (Fsp3) is 0.167. The van der Waals surface area contributed by atoms with Crippen LogP contribution in [0.4, 0.5) is 0 Å². The van der Waals surface area contributed by atoms with Crippen LogP contribution in [0.15, 0.2) is 48.5 Å². The molecular formula is C18H15NO6. The van der Waals surface area contributed by atoms with E-state index in [-0.39, 0.29) is 17.7 Å². The Bertz CT molecular complexity index is 797. The van der Waals surface area contributed by atoms with E-state index in [2.05, 4.69) is 0 Å². The highest BCUT2D eigenvalue weighted by molar-refractivity contribution is 6.20. The van der Waals surface area contributed by atoms with Crippen LogP contribution in [0.1, 0.15) is 26.3 Å². The second-order valence-electron chi connectivity index (χ2n) is 5.26. The summed E-state index contributed by atoms with van der Waals surface area (Å²) in [5.41, 5.74) is 1.23. The molecule has 2 amide bonds. The van der Waals surface area contributed by atoms with Gasteiger partial charge in [0.2, 0.25) is 0 Å².